The van der Waals surface area contributed by atoms with Gasteiger partial charge in [0.25, 0.3) is 0 Å². The lowest BCUT2D eigenvalue weighted by Gasteiger charge is -2.10. The molecule has 0 aliphatic rings. The number of hydrogen-bond acceptors (Lipinski definition) is 0. The lowest BCUT2D eigenvalue weighted by Crippen LogP contribution is -1.94. The molecule has 0 N–H and O–H groups in total. The molecule has 0 bridgehead atoms. The molecule has 0 nitrogen and oxygen atoms in total. The zero-order chi connectivity index (χ0) is 22.0. The zero-order valence-electron chi connectivity index (χ0n) is 21.7. The molecule has 1 atom stereocenters. The van der Waals surface area contributed by atoms with E-state index in [1.807, 2.05) is 0 Å². The van der Waals surface area contributed by atoms with E-state index in [1.54, 1.807) is 0 Å². The van der Waals surface area contributed by atoms with E-state index in [0.29, 0.717) is 0 Å². The van der Waals surface area contributed by atoms with Crippen LogP contribution in [0.25, 0.3) is 0 Å². The third kappa shape index (κ3) is 25.8. The van der Waals surface area contributed by atoms with Crippen molar-refractivity contribution in [3.05, 3.63) is 12.2 Å². The summed E-state index contributed by atoms with van der Waals surface area (Å²) in [4.78, 5) is 0. The number of hydrogen-bond donors (Lipinski definition) is 0. The molecule has 0 saturated heterocycles. The van der Waals surface area contributed by atoms with E-state index >= 15 is 0 Å². The van der Waals surface area contributed by atoms with Gasteiger partial charge in [0.1, 0.15) is 0 Å². The molecule has 0 heteroatoms. The normalized spacial score (nSPS) is 12.8. The summed E-state index contributed by atoms with van der Waals surface area (Å²) < 4.78 is 0. The smallest absolute Gasteiger partial charge is 0.0351 e. The number of unbranched alkanes of at least 4 members (excludes halogenated alkanes) is 19. The standard InChI is InChI=1S/C30H60/c1-4-6-8-9-10-11-12-13-14-15-16-17-18-19-20-21-22-23-24-25-27-29-30(3)28-26-7-5-2/h6,8,30H,4-5,7,9-29H2,1-3H3/b8-6+. The highest BCUT2D eigenvalue weighted by Crippen LogP contribution is 2.18. The lowest BCUT2D eigenvalue weighted by molar-refractivity contribution is 0.435. The van der Waals surface area contributed by atoms with Gasteiger partial charge in [0, 0.05) is 0 Å². The Morgan fingerprint density at radius 3 is 1.20 bits per heavy atom. The van der Waals surface area contributed by atoms with Crippen molar-refractivity contribution in [2.45, 2.75) is 175 Å². The third-order valence-electron chi connectivity index (χ3n) is 6.77. The van der Waals surface area contributed by atoms with Gasteiger partial charge in [-0.05, 0) is 25.2 Å². The van der Waals surface area contributed by atoms with E-state index in [1.165, 1.54) is 154 Å². The van der Waals surface area contributed by atoms with Crippen LogP contribution in [0.2, 0.25) is 0 Å². The predicted molar refractivity (Wildman–Crippen MR) is 140 cm³/mol. The van der Waals surface area contributed by atoms with Crippen LogP contribution in [0.3, 0.4) is 0 Å². The minimum absolute atomic E-state index is 0.967. The maximum atomic E-state index is 2.46. The van der Waals surface area contributed by atoms with Crippen molar-refractivity contribution in [3.63, 3.8) is 0 Å². The molecule has 0 saturated carbocycles. The van der Waals surface area contributed by atoms with E-state index in [2.05, 4.69) is 32.9 Å². The SMILES string of the molecule is CC/C=C/CCCCCCCCCCCCCCCCCCCC(C)CCCCC. The Bertz CT molecular complexity index is 316. The van der Waals surface area contributed by atoms with Gasteiger partial charge in [0.15, 0.2) is 0 Å². The van der Waals surface area contributed by atoms with Crippen molar-refractivity contribution < 1.29 is 0 Å². The minimum atomic E-state index is 0.967. The Kier molecular flexibility index (Phi) is 26.5. The van der Waals surface area contributed by atoms with E-state index in [0.717, 1.165) is 5.92 Å². The van der Waals surface area contributed by atoms with Crippen LogP contribution in [-0.2, 0) is 0 Å². The minimum Gasteiger partial charge on any atom is -0.0888 e. The number of allylic oxidation sites excluding steroid dienone is 2. The monoisotopic (exact) mass is 420 g/mol. The molecule has 180 valence electrons. The highest BCUT2D eigenvalue weighted by molar-refractivity contribution is 4.79. The first-order valence-corrected chi connectivity index (χ1v) is 14.5. The fourth-order valence-corrected chi connectivity index (χ4v) is 4.58. The molecule has 0 amide bonds. The molecule has 0 radical (unpaired) electrons. The van der Waals surface area contributed by atoms with Gasteiger partial charge in [-0.1, -0.05) is 168 Å². The molecule has 0 heterocycles. The summed E-state index contributed by atoms with van der Waals surface area (Å²) in [6.45, 7) is 6.99. The van der Waals surface area contributed by atoms with Crippen molar-refractivity contribution in [3.8, 4) is 0 Å². The Morgan fingerprint density at radius 1 is 0.433 bits per heavy atom. The van der Waals surface area contributed by atoms with Gasteiger partial charge in [0.2, 0.25) is 0 Å². The molecule has 0 rings (SSSR count). The zero-order valence-corrected chi connectivity index (χ0v) is 21.7. The molecule has 0 aliphatic carbocycles. The summed E-state index contributed by atoms with van der Waals surface area (Å²) in [7, 11) is 0. The van der Waals surface area contributed by atoms with Gasteiger partial charge < -0.3 is 0 Å². The quantitative estimate of drug-likeness (QED) is 0.102. The van der Waals surface area contributed by atoms with E-state index in [-0.39, 0.29) is 0 Å². The largest absolute Gasteiger partial charge is 0.0888 e. The summed E-state index contributed by atoms with van der Waals surface area (Å²) in [5.74, 6) is 0.967. The second-order valence-electron chi connectivity index (χ2n) is 10.1. The van der Waals surface area contributed by atoms with Crippen LogP contribution in [0.15, 0.2) is 12.2 Å². The number of rotatable bonds is 25. The molecule has 0 fully saturated rings. The second-order valence-corrected chi connectivity index (χ2v) is 10.1. The summed E-state index contributed by atoms with van der Waals surface area (Å²) in [6, 6.07) is 0. The molecular formula is C30H60. The highest BCUT2D eigenvalue weighted by Gasteiger charge is 2.01. The van der Waals surface area contributed by atoms with Gasteiger partial charge in [-0.25, -0.2) is 0 Å². The van der Waals surface area contributed by atoms with Gasteiger partial charge in [-0.2, -0.15) is 0 Å². The average molecular weight is 421 g/mol. The summed E-state index contributed by atoms with van der Waals surface area (Å²) in [5.41, 5.74) is 0. The van der Waals surface area contributed by atoms with Crippen LogP contribution < -0.4 is 0 Å². The molecule has 0 aromatic heterocycles. The first-order valence-electron chi connectivity index (χ1n) is 14.5. The van der Waals surface area contributed by atoms with Crippen molar-refractivity contribution >= 4 is 0 Å². The van der Waals surface area contributed by atoms with Crippen LogP contribution in [0.1, 0.15) is 175 Å². The summed E-state index contributed by atoms with van der Waals surface area (Å²) in [5, 5.41) is 0. The van der Waals surface area contributed by atoms with Crippen LogP contribution in [0.4, 0.5) is 0 Å². The van der Waals surface area contributed by atoms with Crippen LogP contribution in [-0.4, -0.2) is 0 Å². The molecular weight excluding hydrogens is 360 g/mol. The van der Waals surface area contributed by atoms with E-state index in [4.69, 9.17) is 0 Å². The summed E-state index contributed by atoms with van der Waals surface area (Å²) in [6.07, 6.45) is 39.4. The fraction of sp³-hybridized carbons (Fsp3) is 0.933. The molecule has 0 spiro atoms. The first-order chi connectivity index (χ1) is 14.8. The maximum Gasteiger partial charge on any atom is -0.0351 e. The molecule has 0 aliphatic heterocycles. The van der Waals surface area contributed by atoms with Gasteiger partial charge in [-0.3, -0.25) is 0 Å². The molecule has 0 aromatic carbocycles. The van der Waals surface area contributed by atoms with Crippen LogP contribution in [0.5, 0.6) is 0 Å². The maximum absolute atomic E-state index is 2.46. The third-order valence-corrected chi connectivity index (χ3v) is 6.77. The first kappa shape index (κ1) is 29.7. The highest BCUT2D eigenvalue weighted by atomic mass is 14.1. The van der Waals surface area contributed by atoms with Crippen molar-refractivity contribution in [1.29, 1.82) is 0 Å². The average Bonchev–Trinajstić information content (AvgIpc) is 2.75. The van der Waals surface area contributed by atoms with Gasteiger partial charge in [0.05, 0.1) is 0 Å². The Balaban J connectivity index is 3.07. The van der Waals surface area contributed by atoms with Crippen LogP contribution in [0, 0.1) is 5.92 Å². The van der Waals surface area contributed by atoms with Crippen molar-refractivity contribution in [2.75, 3.05) is 0 Å². The topological polar surface area (TPSA) is 0 Å². The van der Waals surface area contributed by atoms with Gasteiger partial charge >= 0.3 is 0 Å². The molecule has 30 heavy (non-hydrogen) atoms. The van der Waals surface area contributed by atoms with Crippen molar-refractivity contribution in [2.24, 2.45) is 5.92 Å². The summed E-state index contributed by atoms with van der Waals surface area (Å²) >= 11 is 0. The van der Waals surface area contributed by atoms with Crippen LogP contribution >= 0.6 is 0 Å². The van der Waals surface area contributed by atoms with E-state index < -0.39 is 0 Å². The molecule has 0 aromatic rings. The van der Waals surface area contributed by atoms with Gasteiger partial charge in [-0.15, -0.1) is 0 Å². The Hall–Kier alpha value is -0.260. The fourth-order valence-electron chi connectivity index (χ4n) is 4.58. The Labute approximate surface area is 193 Å². The predicted octanol–water partition coefficient (Wildman–Crippen LogP) is 11.6. The lowest BCUT2D eigenvalue weighted by atomic mass is 9.96. The Morgan fingerprint density at radius 2 is 0.800 bits per heavy atom. The van der Waals surface area contributed by atoms with E-state index in [9.17, 15) is 0 Å². The second kappa shape index (κ2) is 26.8. The molecule has 1 unspecified atom stereocenters. The van der Waals surface area contributed by atoms with Crippen molar-refractivity contribution in [1.82, 2.24) is 0 Å².